The molecule has 0 radical (unpaired) electrons. The topological polar surface area (TPSA) is 102 Å². The molecule has 29 heavy (non-hydrogen) atoms. The van der Waals surface area contributed by atoms with E-state index < -0.39 is 28.0 Å². The number of amides is 1. The molecule has 1 amide bonds. The van der Waals surface area contributed by atoms with E-state index in [9.17, 15) is 18.0 Å². The van der Waals surface area contributed by atoms with Gasteiger partial charge in [0.25, 0.3) is 5.91 Å². The van der Waals surface area contributed by atoms with Crippen molar-refractivity contribution in [3.8, 4) is 5.75 Å². The molecule has 0 saturated carbocycles. The van der Waals surface area contributed by atoms with Crippen molar-refractivity contribution in [1.29, 1.82) is 0 Å². The second-order valence-corrected chi connectivity index (χ2v) is 8.67. The molecule has 0 unspecified atom stereocenters. The molecule has 2 aromatic rings. The number of carbonyl (C=O) groups excluding carboxylic acids is 2. The van der Waals surface area contributed by atoms with Gasteiger partial charge in [-0.25, -0.2) is 13.2 Å². The van der Waals surface area contributed by atoms with E-state index in [1.54, 1.807) is 42.5 Å². The van der Waals surface area contributed by atoms with Gasteiger partial charge in [0.1, 0.15) is 5.75 Å². The maximum atomic E-state index is 12.7. The van der Waals surface area contributed by atoms with Crippen molar-refractivity contribution in [2.45, 2.75) is 19.4 Å². The molecule has 2 aromatic carbocycles. The zero-order valence-electron chi connectivity index (χ0n) is 16.3. The second-order valence-electron chi connectivity index (χ2n) is 6.76. The van der Waals surface area contributed by atoms with E-state index in [4.69, 9.17) is 4.74 Å². The van der Waals surface area contributed by atoms with Gasteiger partial charge in [0.15, 0.2) is 6.10 Å². The molecular weight excluding hydrogens is 396 g/mol. The first kappa shape index (κ1) is 20.7. The van der Waals surface area contributed by atoms with Crippen LogP contribution >= 0.6 is 0 Å². The Kier molecular flexibility index (Phi) is 5.78. The predicted octanol–water partition coefficient (Wildman–Crippen LogP) is 2.34. The number of carbonyl (C=O) groups is 2. The Labute approximate surface area is 169 Å². The van der Waals surface area contributed by atoms with E-state index >= 15 is 0 Å². The third kappa shape index (κ3) is 4.68. The Balaban J connectivity index is 1.80. The van der Waals surface area contributed by atoms with Crippen LogP contribution in [0.4, 0.5) is 11.4 Å². The van der Waals surface area contributed by atoms with E-state index in [0.29, 0.717) is 22.7 Å². The Hall–Kier alpha value is -3.07. The number of sulfonamides is 1. The number of benzene rings is 2. The Morgan fingerprint density at radius 1 is 1.17 bits per heavy atom. The number of fused-ring (bicyclic) bond motifs is 1. The van der Waals surface area contributed by atoms with Crippen LogP contribution in [0.5, 0.6) is 5.75 Å². The Bertz CT molecular complexity index is 1030. The van der Waals surface area contributed by atoms with Crippen LogP contribution in [0.2, 0.25) is 0 Å². The van der Waals surface area contributed by atoms with Crippen LogP contribution in [0.25, 0.3) is 0 Å². The minimum atomic E-state index is -3.53. The third-order valence-corrected chi connectivity index (χ3v) is 5.69. The molecule has 1 atom stereocenters. The summed E-state index contributed by atoms with van der Waals surface area (Å²) in [5.41, 5.74) is 2.16. The zero-order valence-corrected chi connectivity index (χ0v) is 17.2. The fourth-order valence-electron chi connectivity index (χ4n) is 3.05. The number of nitrogens with zero attached hydrogens (tertiary/aromatic N) is 1. The summed E-state index contributed by atoms with van der Waals surface area (Å²) >= 11 is 0. The van der Waals surface area contributed by atoms with E-state index in [1.807, 2.05) is 6.92 Å². The summed E-state index contributed by atoms with van der Waals surface area (Å²) in [6.45, 7) is 1.97. The summed E-state index contributed by atoms with van der Waals surface area (Å²) in [6, 6.07) is 11.4. The SMILES string of the molecule is COC(=O)c1ccc(NC(=O)[C@@H]2CCN(S(C)(=O)=O)c3cc(C)ccc3O2)cc1. The molecule has 1 heterocycles. The van der Waals surface area contributed by atoms with Crippen molar-refractivity contribution < 1.29 is 27.5 Å². The lowest BCUT2D eigenvalue weighted by atomic mass is 10.2. The molecule has 3 rings (SSSR count). The Morgan fingerprint density at radius 2 is 1.86 bits per heavy atom. The quantitative estimate of drug-likeness (QED) is 0.765. The average molecular weight is 418 g/mol. The molecule has 9 heteroatoms. The highest BCUT2D eigenvalue weighted by molar-refractivity contribution is 7.92. The van der Waals surface area contributed by atoms with Crippen molar-refractivity contribution in [3.63, 3.8) is 0 Å². The molecule has 1 aliphatic heterocycles. The second kappa shape index (κ2) is 8.12. The lowest BCUT2D eigenvalue weighted by Gasteiger charge is -2.21. The summed E-state index contributed by atoms with van der Waals surface area (Å²) in [5, 5.41) is 2.74. The molecule has 0 bridgehead atoms. The number of methoxy groups -OCH3 is 1. The van der Waals surface area contributed by atoms with Crippen molar-refractivity contribution in [1.82, 2.24) is 0 Å². The van der Waals surface area contributed by atoms with Gasteiger partial charge in [0.05, 0.1) is 24.6 Å². The molecule has 154 valence electrons. The van der Waals surface area contributed by atoms with Crippen LogP contribution in [-0.4, -0.2) is 46.3 Å². The summed E-state index contributed by atoms with van der Waals surface area (Å²) in [7, 11) is -2.23. The van der Waals surface area contributed by atoms with Crippen LogP contribution < -0.4 is 14.4 Å². The monoisotopic (exact) mass is 418 g/mol. The number of hydrogen-bond acceptors (Lipinski definition) is 6. The fourth-order valence-corrected chi connectivity index (χ4v) is 3.99. The number of anilines is 2. The first-order chi connectivity index (χ1) is 13.7. The summed E-state index contributed by atoms with van der Waals surface area (Å²) in [4.78, 5) is 24.2. The summed E-state index contributed by atoms with van der Waals surface area (Å²) in [6.07, 6.45) is 0.443. The van der Waals surface area contributed by atoms with Crippen LogP contribution in [-0.2, 0) is 19.6 Å². The standard InChI is InChI=1S/C20H22N2O6S/c1-13-4-9-17-16(12-13)22(29(3,25)26)11-10-18(28-17)19(23)21-15-7-5-14(6-8-15)20(24)27-2/h4-9,12,18H,10-11H2,1-3H3,(H,21,23)/t18-/m0/s1. The summed E-state index contributed by atoms with van der Waals surface area (Å²) in [5.74, 6) is -0.542. The van der Waals surface area contributed by atoms with Gasteiger partial charge in [-0.15, -0.1) is 0 Å². The number of esters is 1. The molecule has 0 saturated heterocycles. The predicted molar refractivity (Wildman–Crippen MR) is 109 cm³/mol. The average Bonchev–Trinajstić information content (AvgIpc) is 2.87. The fraction of sp³-hybridized carbons (Fsp3) is 0.300. The van der Waals surface area contributed by atoms with Crippen LogP contribution in [0.15, 0.2) is 42.5 Å². The van der Waals surface area contributed by atoms with Crippen LogP contribution in [0.3, 0.4) is 0 Å². The van der Waals surface area contributed by atoms with E-state index in [0.717, 1.165) is 11.8 Å². The van der Waals surface area contributed by atoms with Crippen LogP contribution in [0.1, 0.15) is 22.3 Å². The highest BCUT2D eigenvalue weighted by atomic mass is 32.2. The maximum Gasteiger partial charge on any atom is 0.337 e. The van der Waals surface area contributed by atoms with Gasteiger partial charge in [-0.1, -0.05) is 6.07 Å². The molecule has 1 N–H and O–H groups in total. The molecule has 8 nitrogen and oxygen atoms in total. The largest absolute Gasteiger partial charge is 0.478 e. The Morgan fingerprint density at radius 3 is 2.48 bits per heavy atom. The van der Waals surface area contributed by atoms with E-state index in [1.165, 1.54) is 11.4 Å². The normalized spacial score (nSPS) is 16.2. The van der Waals surface area contributed by atoms with Crippen molar-refractivity contribution in [2.24, 2.45) is 0 Å². The van der Waals surface area contributed by atoms with Crippen molar-refractivity contribution >= 4 is 33.3 Å². The molecule has 1 aliphatic rings. The van der Waals surface area contributed by atoms with Gasteiger partial charge in [-0.05, 0) is 48.9 Å². The van der Waals surface area contributed by atoms with E-state index in [2.05, 4.69) is 10.1 Å². The van der Waals surface area contributed by atoms with Gasteiger partial charge in [0, 0.05) is 18.7 Å². The van der Waals surface area contributed by atoms with Gasteiger partial charge in [-0.2, -0.15) is 0 Å². The summed E-state index contributed by atoms with van der Waals surface area (Å²) < 4.78 is 36.2. The highest BCUT2D eigenvalue weighted by Gasteiger charge is 2.31. The molecular formula is C20H22N2O6S. The van der Waals surface area contributed by atoms with Crippen molar-refractivity contribution in [3.05, 3.63) is 53.6 Å². The molecule has 0 spiro atoms. The van der Waals surface area contributed by atoms with Gasteiger partial charge >= 0.3 is 5.97 Å². The number of ether oxygens (including phenoxy) is 2. The van der Waals surface area contributed by atoms with Gasteiger partial charge in [0.2, 0.25) is 10.0 Å². The first-order valence-electron chi connectivity index (χ1n) is 8.93. The number of aryl methyl sites for hydroxylation is 1. The van der Waals surface area contributed by atoms with Gasteiger partial charge in [-0.3, -0.25) is 9.10 Å². The molecule has 0 aliphatic carbocycles. The third-order valence-electron chi connectivity index (χ3n) is 4.51. The number of hydrogen-bond donors (Lipinski definition) is 1. The van der Waals surface area contributed by atoms with Crippen molar-refractivity contribution in [2.75, 3.05) is 29.5 Å². The van der Waals surface area contributed by atoms with E-state index in [-0.39, 0.29) is 13.0 Å². The highest BCUT2D eigenvalue weighted by Crippen LogP contribution is 2.35. The lowest BCUT2D eigenvalue weighted by Crippen LogP contribution is -2.36. The molecule has 0 fully saturated rings. The number of rotatable bonds is 4. The van der Waals surface area contributed by atoms with Crippen LogP contribution in [0, 0.1) is 6.92 Å². The molecule has 0 aromatic heterocycles. The lowest BCUT2D eigenvalue weighted by molar-refractivity contribution is -0.122. The number of nitrogens with one attached hydrogen (secondary N) is 1. The van der Waals surface area contributed by atoms with Gasteiger partial charge < -0.3 is 14.8 Å². The zero-order chi connectivity index (χ0) is 21.2. The first-order valence-corrected chi connectivity index (χ1v) is 10.8. The minimum Gasteiger partial charge on any atom is -0.478 e. The minimum absolute atomic E-state index is 0.120. The maximum absolute atomic E-state index is 12.7. The smallest absolute Gasteiger partial charge is 0.337 e.